The summed E-state index contributed by atoms with van der Waals surface area (Å²) in [7, 11) is 0. The summed E-state index contributed by atoms with van der Waals surface area (Å²) in [6.45, 7) is 0. The van der Waals surface area contributed by atoms with Gasteiger partial charge < -0.3 is 0 Å². The fraction of sp³-hybridized carbons (Fsp3) is 0. The fourth-order valence-corrected chi connectivity index (χ4v) is 5.41. The molecule has 196 valence electrons. The number of hydrogen-bond donors (Lipinski definition) is 0. The molecule has 0 saturated heterocycles. The van der Waals surface area contributed by atoms with Gasteiger partial charge in [-0.2, -0.15) is 0 Å². The minimum absolute atomic E-state index is 0. The van der Waals surface area contributed by atoms with E-state index in [1.54, 1.807) is 0 Å². The van der Waals surface area contributed by atoms with Gasteiger partial charge in [-0.3, -0.25) is 0 Å². The molecular weight excluding hydrogens is 536 g/mol. The summed E-state index contributed by atoms with van der Waals surface area (Å²) in [4.78, 5) is 0. The first-order valence-electron chi connectivity index (χ1n) is 13.7. The van der Waals surface area contributed by atoms with Crippen molar-refractivity contribution in [3.8, 4) is 0 Å². The number of rotatable bonds is 5. The van der Waals surface area contributed by atoms with E-state index in [2.05, 4.69) is 152 Å². The Morgan fingerprint density at radius 1 is 0.195 bits per heavy atom. The second-order valence-electron chi connectivity index (χ2n) is 9.67. The van der Waals surface area contributed by atoms with Gasteiger partial charge in [0.25, 0.3) is 0 Å². The van der Waals surface area contributed by atoms with Gasteiger partial charge in [-0.15, -0.1) is 0 Å². The Balaban J connectivity index is 0.000000510. The topological polar surface area (TPSA) is 0 Å². The van der Waals surface area contributed by atoms with Crippen molar-refractivity contribution in [1.82, 2.24) is 0 Å². The molecule has 1 heteroatoms. The van der Waals surface area contributed by atoms with Crippen molar-refractivity contribution in [3.63, 3.8) is 0 Å². The molecule has 5 aromatic carbocycles. The van der Waals surface area contributed by atoms with E-state index >= 15 is 0 Å². The smallest absolute Gasteiger partial charge is 0.0622 e. The summed E-state index contributed by atoms with van der Waals surface area (Å²) in [5.74, 6) is 6.39. The molecule has 0 amide bonds. The van der Waals surface area contributed by atoms with Gasteiger partial charge in [-0.1, -0.05) is 152 Å². The van der Waals surface area contributed by atoms with Gasteiger partial charge in [0.1, 0.15) is 0 Å². The van der Waals surface area contributed by atoms with Gasteiger partial charge in [0.15, 0.2) is 0 Å². The van der Waals surface area contributed by atoms with E-state index in [1.165, 1.54) is 57.4 Å². The Morgan fingerprint density at radius 3 is 0.488 bits per heavy atom. The fourth-order valence-electron chi connectivity index (χ4n) is 5.41. The Bertz CT molecular complexity index is 1140. The zero-order valence-corrected chi connectivity index (χ0v) is 23.8. The second-order valence-corrected chi connectivity index (χ2v) is 9.67. The first kappa shape index (κ1) is 29.1. The van der Waals surface area contributed by atoms with Crippen LogP contribution in [0.5, 0.6) is 0 Å². The zero-order chi connectivity index (χ0) is 27.0. The number of benzene rings is 5. The van der Waals surface area contributed by atoms with E-state index in [0.29, 0.717) is 0 Å². The van der Waals surface area contributed by atoms with Crippen LogP contribution in [0.15, 0.2) is 152 Å². The van der Waals surface area contributed by atoms with Crippen molar-refractivity contribution < 1.29 is 17.1 Å². The van der Waals surface area contributed by atoms with Gasteiger partial charge in [0.2, 0.25) is 0 Å². The molecule has 0 aromatic heterocycles. The quantitative estimate of drug-likeness (QED) is 0.186. The molecular formula is C40H30Fe+2. The maximum Gasteiger partial charge on any atom is 2.00 e. The summed E-state index contributed by atoms with van der Waals surface area (Å²) in [5, 5.41) is 0. The van der Waals surface area contributed by atoms with Crippen LogP contribution >= 0.6 is 0 Å². The molecule has 5 aromatic rings. The molecule has 7 rings (SSSR count). The van der Waals surface area contributed by atoms with Crippen LogP contribution in [0, 0.1) is 61.7 Å². The molecule has 0 nitrogen and oxygen atoms in total. The molecule has 2 aliphatic carbocycles. The van der Waals surface area contributed by atoms with Crippen molar-refractivity contribution in [1.29, 1.82) is 0 Å². The Kier molecular flexibility index (Phi) is 10.3. The third-order valence-corrected chi connectivity index (χ3v) is 7.12. The van der Waals surface area contributed by atoms with Crippen LogP contribution in [0.25, 0.3) is 0 Å². The minimum Gasteiger partial charge on any atom is -0.0622 e. The van der Waals surface area contributed by atoms with Crippen molar-refractivity contribution in [2.75, 3.05) is 0 Å². The largest absolute Gasteiger partial charge is 2.00 e. The molecule has 41 heavy (non-hydrogen) atoms. The van der Waals surface area contributed by atoms with Crippen molar-refractivity contribution in [2.45, 2.75) is 0 Å². The Labute approximate surface area is 257 Å². The molecule has 0 bridgehead atoms. The van der Waals surface area contributed by atoms with Crippen LogP contribution in [-0.2, 0) is 17.1 Å². The van der Waals surface area contributed by atoms with Gasteiger partial charge in [-0.25, -0.2) is 0 Å². The Morgan fingerprint density at radius 2 is 0.341 bits per heavy atom. The van der Waals surface area contributed by atoms with Crippen LogP contribution < -0.4 is 0 Å². The first-order valence-corrected chi connectivity index (χ1v) is 13.7. The third-order valence-electron chi connectivity index (χ3n) is 7.12. The predicted molar refractivity (Wildman–Crippen MR) is 165 cm³/mol. The zero-order valence-electron chi connectivity index (χ0n) is 22.7. The monoisotopic (exact) mass is 566 g/mol. The van der Waals surface area contributed by atoms with Gasteiger partial charge in [-0.05, 0) is 59.9 Å². The molecule has 0 aliphatic heterocycles. The SMILES string of the molecule is [CH]1[CH][CH][CH][CH]1.[Fe+2].c1ccc([C]2[C](c3ccccc3)[C](c3ccccc3)[C](c3ccccc3)[C]2c2ccccc2)cc1. The normalized spacial score (nSPS) is 16.6. The maximum absolute atomic E-state index is 2.23. The number of hydrogen-bond acceptors (Lipinski definition) is 0. The summed E-state index contributed by atoms with van der Waals surface area (Å²) in [5.41, 5.74) is 6.13. The van der Waals surface area contributed by atoms with Crippen molar-refractivity contribution in [3.05, 3.63) is 241 Å². The van der Waals surface area contributed by atoms with Gasteiger partial charge in [0.05, 0.1) is 0 Å². The van der Waals surface area contributed by atoms with E-state index in [9.17, 15) is 0 Å². The molecule has 2 aliphatic rings. The summed E-state index contributed by atoms with van der Waals surface area (Å²) in [6.07, 6.45) is 10.0. The first-order chi connectivity index (χ1) is 19.9. The van der Waals surface area contributed by atoms with E-state index in [-0.39, 0.29) is 17.1 Å². The van der Waals surface area contributed by atoms with E-state index < -0.39 is 0 Å². The average Bonchev–Trinajstić information content (AvgIpc) is 3.74. The molecule has 0 atom stereocenters. The van der Waals surface area contributed by atoms with Crippen LogP contribution in [0.3, 0.4) is 0 Å². The molecule has 2 saturated carbocycles. The molecule has 0 N–H and O–H groups in total. The average molecular weight is 567 g/mol. The summed E-state index contributed by atoms with van der Waals surface area (Å²) < 4.78 is 0. The molecule has 0 unspecified atom stereocenters. The van der Waals surface area contributed by atoms with Crippen LogP contribution in [0.4, 0.5) is 0 Å². The predicted octanol–water partition coefficient (Wildman–Crippen LogP) is 9.13. The molecule has 0 heterocycles. The second kappa shape index (κ2) is 14.5. The van der Waals surface area contributed by atoms with Crippen LogP contribution in [0.1, 0.15) is 27.8 Å². The third kappa shape index (κ3) is 6.59. The van der Waals surface area contributed by atoms with Crippen molar-refractivity contribution in [2.24, 2.45) is 0 Å². The summed E-state index contributed by atoms with van der Waals surface area (Å²) >= 11 is 0. The Hall–Kier alpha value is -3.38. The maximum atomic E-state index is 2.23. The standard InChI is InChI=1S/C35H25.C5H5.Fe/c1-6-16-26(17-7-1)31-32(27-18-8-2-9-19-27)34(29-22-12-4-13-23-29)35(30-24-14-5-15-25-30)33(31)28-20-10-3-11-21-28;1-2-4-5-3-1;/h1-25H;1-5H;/q;;+2. The molecule has 2 fully saturated rings. The summed E-state index contributed by atoms with van der Waals surface area (Å²) in [6, 6.07) is 54.1. The van der Waals surface area contributed by atoms with Crippen LogP contribution in [-0.4, -0.2) is 0 Å². The van der Waals surface area contributed by atoms with Gasteiger partial charge >= 0.3 is 17.1 Å². The van der Waals surface area contributed by atoms with E-state index in [4.69, 9.17) is 0 Å². The van der Waals surface area contributed by atoms with Crippen molar-refractivity contribution >= 4 is 0 Å². The van der Waals surface area contributed by atoms with E-state index in [1.807, 2.05) is 32.1 Å². The van der Waals surface area contributed by atoms with Crippen LogP contribution in [0.2, 0.25) is 0 Å². The van der Waals surface area contributed by atoms with Gasteiger partial charge in [0, 0.05) is 29.6 Å². The minimum atomic E-state index is 0. The molecule has 0 spiro atoms. The molecule has 10 radical (unpaired) electrons. The van der Waals surface area contributed by atoms with E-state index in [0.717, 1.165) is 0 Å².